The van der Waals surface area contributed by atoms with Crippen LogP contribution < -0.4 is 0 Å². The fourth-order valence-electron chi connectivity index (χ4n) is 2.37. The Kier molecular flexibility index (Phi) is 4.60. The summed E-state index contributed by atoms with van der Waals surface area (Å²) in [6.07, 6.45) is 7.03. The quantitative estimate of drug-likeness (QED) is 0.775. The van der Waals surface area contributed by atoms with Crippen molar-refractivity contribution in [3.05, 3.63) is 35.9 Å². The van der Waals surface area contributed by atoms with Crippen LogP contribution >= 0.6 is 0 Å². The first kappa shape index (κ1) is 12.2. The van der Waals surface area contributed by atoms with E-state index in [4.69, 9.17) is 4.74 Å². The third-order valence-corrected chi connectivity index (χ3v) is 3.34. The Morgan fingerprint density at radius 3 is 2.88 bits per heavy atom. The third kappa shape index (κ3) is 3.88. The number of benzene rings is 1. The van der Waals surface area contributed by atoms with Crippen molar-refractivity contribution in [1.29, 1.82) is 0 Å². The number of aliphatic imine (C=N–C) groups is 1. The van der Waals surface area contributed by atoms with Crippen LogP contribution in [0.4, 0.5) is 0 Å². The molecule has 1 atom stereocenters. The van der Waals surface area contributed by atoms with Gasteiger partial charge < -0.3 is 4.74 Å². The molecule has 2 rings (SSSR count). The van der Waals surface area contributed by atoms with Gasteiger partial charge in [0.15, 0.2) is 5.90 Å². The molecule has 1 aliphatic heterocycles. The molecule has 0 aromatic heterocycles. The van der Waals surface area contributed by atoms with E-state index in [2.05, 4.69) is 35.3 Å². The van der Waals surface area contributed by atoms with E-state index in [9.17, 15) is 0 Å². The van der Waals surface area contributed by atoms with E-state index in [0.717, 1.165) is 18.7 Å². The van der Waals surface area contributed by atoms with Crippen LogP contribution in [-0.4, -0.2) is 19.0 Å². The van der Waals surface area contributed by atoms with Gasteiger partial charge in [-0.15, -0.1) is 0 Å². The lowest BCUT2D eigenvalue weighted by atomic mass is 9.99. The molecule has 1 aromatic carbocycles. The molecule has 1 aliphatic rings. The Balaban J connectivity index is 1.75. The van der Waals surface area contributed by atoms with Crippen LogP contribution in [0.5, 0.6) is 0 Å². The fourth-order valence-corrected chi connectivity index (χ4v) is 2.37. The van der Waals surface area contributed by atoms with Crippen molar-refractivity contribution in [2.24, 2.45) is 4.99 Å². The van der Waals surface area contributed by atoms with Crippen LogP contribution in [0.2, 0.25) is 0 Å². The third-order valence-electron chi connectivity index (χ3n) is 3.34. The van der Waals surface area contributed by atoms with E-state index in [1.165, 1.54) is 31.2 Å². The number of rotatable bonds is 4. The van der Waals surface area contributed by atoms with Crippen LogP contribution in [0.1, 0.15) is 37.7 Å². The summed E-state index contributed by atoms with van der Waals surface area (Å²) in [5.41, 5.74) is 1.43. The van der Waals surface area contributed by atoms with Gasteiger partial charge in [0.1, 0.15) is 0 Å². The Hall–Kier alpha value is -1.31. The fraction of sp³-hybridized carbons (Fsp3) is 0.533. The first-order valence-electron chi connectivity index (χ1n) is 6.53. The molecule has 0 amide bonds. The summed E-state index contributed by atoms with van der Waals surface area (Å²) in [4.78, 5) is 4.63. The predicted molar refractivity (Wildman–Crippen MR) is 71.5 cm³/mol. The van der Waals surface area contributed by atoms with E-state index >= 15 is 0 Å². The summed E-state index contributed by atoms with van der Waals surface area (Å²) >= 11 is 0. The molecule has 17 heavy (non-hydrogen) atoms. The lowest BCUT2D eigenvalue weighted by Gasteiger charge is -2.19. The van der Waals surface area contributed by atoms with Crippen molar-refractivity contribution < 1.29 is 4.74 Å². The van der Waals surface area contributed by atoms with E-state index in [0.29, 0.717) is 6.04 Å². The summed E-state index contributed by atoms with van der Waals surface area (Å²) in [6, 6.07) is 11.2. The van der Waals surface area contributed by atoms with Crippen LogP contribution in [0.3, 0.4) is 0 Å². The number of hydrogen-bond donors (Lipinski definition) is 0. The lowest BCUT2D eigenvalue weighted by molar-refractivity contribution is 0.362. The highest BCUT2D eigenvalue weighted by Gasteiger charge is 2.14. The molecular formula is C15H21NO. The van der Waals surface area contributed by atoms with Gasteiger partial charge in [-0.1, -0.05) is 30.3 Å². The number of methoxy groups -OCH3 is 1. The molecule has 1 aromatic rings. The lowest BCUT2D eigenvalue weighted by Crippen LogP contribution is -2.16. The molecule has 0 aliphatic carbocycles. The summed E-state index contributed by atoms with van der Waals surface area (Å²) in [5, 5.41) is 0. The molecule has 2 heteroatoms. The molecule has 0 N–H and O–H groups in total. The molecular weight excluding hydrogens is 210 g/mol. The maximum absolute atomic E-state index is 5.24. The molecule has 92 valence electrons. The van der Waals surface area contributed by atoms with Crippen molar-refractivity contribution in [3.8, 4) is 0 Å². The van der Waals surface area contributed by atoms with Crippen LogP contribution in [-0.2, 0) is 11.2 Å². The SMILES string of the molecule is COC1=NC(CCCc2ccccc2)CCC1. The Bertz CT molecular complexity index is 358. The Morgan fingerprint density at radius 1 is 1.29 bits per heavy atom. The van der Waals surface area contributed by atoms with Crippen molar-refractivity contribution in [2.45, 2.75) is 44.6 Å². The molecule has 0 fully saturated rings. The average Bonchev–Trinajstić information content (AvgIpc) is 2.40. The number of ether oxygens (including phenoxy) is 1. The monoisotopic (exact) mass is 231 g/mol. The molecule has 0 spiro atoms. The highest BCUT2D eigenvalue weighted by atomic mass is 16.5. The highest BCUT2D eigenvalue weighted by molar-refractivity contribution is 5.76. The van der Waals surface area contributed by atoms with E-state index < -0.39 is 0 Å². The Morgan fingerprint density at radius 2 is 2.12 bits per heavy atom. The van der Waals surface area contributed by atoms with Crippen molar-refractivity contribution in [1.82, 2.24) is 0 Å². The van der Waals surface area contributed by atoms with E-state index in [1.54, 1.807) is 7.11 Å². The van der Waals surface area contributed by atoms with Gasteiger partial charge in [-0.3, -0.25) is 4.99 Å². The van der Waals surface area contributed by atoms with Gasteiger partial charge in [0.05, 0.1) is 13.2 Å². The second-order valence-electron chi connectivity index (χ2n) is 4.65. The molecule has 1 unspecified atom stereocenters. The molecule has 2 nitrogen and oxygen atoms in total. The largest absolute Gasteiger partial charge is 0.484 e. The number of nitrogens with zero attached hydrogens (tertiary/aromatic N) is 1. The van der Waals surface area contributed by atoms with Gasteiger partial charge >= 0.3 is 0 Å². The van der Waals surface area contributed by atoms with Gasteiger partial charge in [0.2, 0.25) is 0 Å². The normalized spacial score (nSPS) is 19.8. The van der Waals surface area contributed by atoms with Gasteiger partial charge in [-0.2, -0.15) is 0 Å². The van der Waals surface area contributed by atoms with Crippen molar-refractivity contribution >= 4 is 5.90 Å². The minimum atomic E-state index is 0.488. The second kappa shape index (κ2) is 6.43. The Labute approximate surface area is 104 Å². The summed E-state index contributed by atoms with van der Waals surface area (Å²) in [7, 11) is 1.73. The number of hydrogen-bond acceptors (Lipinski definition) is 2. The van der Waals surface area contributed by atoms with Crippen molar-refractivity contribution in [2.75, 3.05) is 7.11 Å². The van der Waals surface area contributed by atoms with Crippen molar-refractivity contribution in [3.63, 3.8) is 0 Å². The smallest absolute Gasteiger partial charge is 0.183 e. The maximum Gasteiger partial charge on any atom is 0.183 e. The van der Waals surface area contributed by atoms with Crippen LogP contribution in [0.15, 0.2) is 35.3 Å². The predicted octanol–water partition coefficient (Wildman–Crippen LogP) is 3.61. The van der Waals surface area contributed by atoms with Crippen LogP contribution in [0.25, 0.3) is 0 Å². The minimum Gasteiger partial charge on any atom is -0.484 e. The maximum atomic E-state index is 5.24. The highest BCUT2D eigenvalue weighted by Crippen LogP contribution is 2.19. The zero-order chi connectivity index (χ0) is 11.9. The number of aryl methyl sites for hydroxylation is 1. The standard InChI is InChI=1S/C15H21NO/c1-17-15-12-6-11-14(16-15)10-5-9-13-7-3-2-4-8-13/h2-4,7-8,14H,5-6,9-12H2,1H3. The molecule has 1 heterocycles. The summed E-state index contributed by atoms with van der Waals surface area (Å²) in [6.45, 7) is 0. The van der Waals surface area contributed by atoms with Crippen LogP contribution in [0, 0.1) is 0 Å². The molecule has 0 radical (unpaired) electrons. The van der Waals surface area contributed by atoms with Gasteiger partial charge in [-0.25, -0.2) is 0 Å². The van der Waals surface area contributed by atoms with E-state index in [1.807, 2.05) is 0 Å². The van der Waals surface area contributed by atoms with E-state index in [-0.39, 0.29) is 0 Å². The average molecular weight is 231 g/mol. The molecule has 0 saturated carbocycles. The van der Waals surface area contributed by atoms with Gasteiger partial charge in [0, 0.05) is 6.42 Å². The minimum absolute atomic E-state index is 0.488. The first-order chi connectivity index (χ1) is 8.38. The van der Waals surface area contributed by atoms with Gasteiger partial charge in [-0.05, 0) is 37.7 Å². The summed E-state index contributed by atoms with van der Waals surface area (Å²) in [5.74, 6) is 0.945. The zero-order valence-electron chi connectivity index (χ0n) is 10.6. The summed E-state index contributed by atoms with van der Waals surface area (Å²) < 4.78 is 5.24. The molecule has 0 bridgehead atoms. The second-order valence-corrected chi connectivity index (χ2v) is 4.65. The van der Waals surface area contributed by atoms with Gasteiger partial charge in [0.25, 0.3) is 0 Å². The zero-order valence-corrected chi connectivity index (χ0v) is 10.6. The topological polar surface area (TPSA) is 21.6 Å². The first-order valence-corrected chi connectivity index (χ1v) is 6.53. The molecule has 0 saturated heterocycles.